The third kappa shape index (κ3) is 1.97. The number of aliphatic carboxylic acids is 1. The average molecular weight is 248 g/mol. The zero-order valence-corrected chi connectivity index (χ0v) is 10.5. The number of aryl methyl sites for hydroxylation is 2. The lowest BCUT2D eigenvalue weighted by atomic mass is 9.94. The summed E-state index contributed by atoms with van der Waals surface area (Å²) in [5.41, 5.74) is 4.13. The molecule has 1 aliphatic carbocycles. The van der Waals surface area contributed by atoms with E-state index in [-0.39, 0.29) is 11.2 Å². The van der Waals surface area contributed by atoms with Crippen LogP contribution in [0.1, 0.15) is 34.8 Å². The molecule has 2 unspecified atom stereocenters. The van der Waals surface area contributed by atoms with Gasteiger partial charge >= 0.3 is 5.97 Å². The van der Waals surface area contributed by atoms with Crippen LogP contribution in [0.4, 0.5) is 0 Å². The van der Waals surface area contributed by atoms with Crippen molar-refractivity contribution in [3.05, 3.63) is 34.9 Å². The largest absolute Gasteiger partial charge is 0.481 e. The molecule has 1 N–H and O–H groups in total. The van der Waals surface area contributed by atoms with Crippen molar-refractivity contribution in [1.29, 1.82) is 0 Å². The minimum Gasteiger partial charge on any atom is -0.481 e. The molecule has 90 valence electrons. The van der Waals surface area contributed by atoms with Gasteiger partial charge in [0, 0.05) is 5.25 Å². The fourth-order valence-electron chi connectivity index (χ4n) is 2.94. The standard InChI is InChI=1S/C14H16O2S/c15-14(16)12-6-7-17-13(12)11-5-4-9-2-1-3-10(9)8-11/h4-5,8,12-13H,1-3,6-7H2,(H,15,16). The van der Waals surface area contributed by atoms with Crippen molar-refractivity contribution >= 4 is 17.7 Å². The molecule has 2 aliphatic rings. The topological polar surface area (TPSA) is 37.3 Å². The molecule has 2 nitrogen and oxygen atoms in total. The summed E-state index contributed by atoms with van der Waals surface area (Å²) in [6.07, 6.45) is 4.41. The molecule has 1 heterocycles. The Hall–Kier alpha value is -0.960. The number of fused-ring (bicyclic) bond motifs is 1. The van der Waals surface area contributed by atoms with Crippen LogP contribution >= 0.6 is 11.8 Å². The van der Waals surface area contributed by atoms with Crippen LogP contribution in [0.25, 0.3) is 0 Å². The van der Waals surface area contributed by atoms with Gasteiger partial charge in [0.2, 0.25) is 0 Å². The zero-order chi connectivity index (χ0) is 11.8. The van der Waals surface area contributed by atoms with Gasteiger partial charge in [0.05, 0.1) is 5.92 Å². The Morgan fingerprint density at radius 2 is 2.12 bits per heavy atom. The van der Waals surface area contributed by atoms with Crippen molar-refractivity contribution in [2.45, 2.75) is 30.9 Å². The highest BCUT2D eigenvalue weighted by molar-refractivity contribution is 7.99. The summed E-state index contributed by atoms with van der Waals surface area (Å²) >= 11 is 1.80. The number of thioether (sulfide) groups is 1. The molecule has 0 saturated carbocycles. The van der Waals surface area contributed by atoms with Crippen LogP contribution in [0.15, 0.2) is 18.2 Å². The zero-order valence-electron chi connectivity index (χ0n) is 9.69. The van der Waals surface area contributed by atoms with Gasteiger partial charge < -0.3 is 5.11 Å². The van der Waals surface area contributed by atoms with E-state index in [0.29, 0.717) is 0 Å². The van der Waals surface area contributed by atoms with Crippen molar-refractivity contribution in [3.63, 3.8) is 0 Å². The van der Waals surface area contributed by atoms with Gasteiger partial charge in [-0.2, -0.15) is 11.8 Å². The monoisotopic (exact) mass is 248 g/mol. The second kappa shape index (κ2) is 4.37. The van der Waals surface area contributed by atoms with Gasteiger partial charge in [-0.1, -0.05) is 18.2 Å². The SMILES string of the molecule is O=C(O)C1CCSC1c1ccc2c(c1)CCC2. The van der Waals surface area contributed by atoms with Crippen LogP contribution in [0.2, 0.25) is 0 Å². The summed E-state index contributed by atoms with van der Waals surface area (Å²) < 4.78 is 0. The van der Waals surface area contributed by atoms with E-state index >= 15 is 0 Å². The third-order valence-electron chi connectivity index (χ3n) is 3.86. The Balaban J connectivity index is 1.91. The minimum absolute atomic E-state index is 0.165. The summed E-state index contributed by atoms with van der Waals surface area (Å²) in [5.74, 6) is 0.138. The maximum atomic E-state index is 11.2. The van der Waals surface area contributed by atoms with Gasteiger partial charge in [0.1, 0.15) is 0 Å². The quantitative estimate of drug-likeness (QED) is 0.874. The average Bonchev–Trinajstić information content (AvgIpc) is 2.96. The van der Waals surface area contributed by atoms with E-state index in [1.54, 1.807) is 11.8 Å². The number of carboxylic acids is 1. The summed E-state index contributed by atoms with van der Waals surface area (Å²) in [6, 6.07) is 6.60. The van der Waals surface area contributed by atoms with Crippen molar-refractivity contribution < 1.29 is 9.90 Å². The van der Waals surface area contributed by atoms with Gasteiger partial charge in [-0.3, -0.25) is 4.79 Å². The molecule has 0 aromatic heterocycles. The fourth-order valence-corrected chi connectivity index (χ4v) is 4.41. The molecule has 1 fully saturated rings. The van der Waals surface area contributed by atoms with Crippen LogP contribution in [-0.2, 0) is 17.6 Å². The first-order chi connectivity index (χ1) is 8.25. The molecule has 1 aromatic carbocycles. The maximum Gasteiger partial charge on any atom is 0.307 e. The number of carbonyl (C=O) groups is 1. The summed E-state index contributed by atoms with van der Waals surface area (Å²) in [5, 5.41) is 9.39. The number of rotatable bonds is 2. The molecule has 0 bridgehead atoms. The molecular weight excluding hydrogens is 232 g/mol. The Morgan fingerprint density at radius 3 is 2.94 bits per heavy atom. The number of benzene rings is 1. The van der Waals surface area contributed by atoms with Crippen LogP contribution in [0, 0.1) is 5.92 Å². The van der Waals surface area contributed by atoms with E-state index in [1.165, 1.54) is 29.5 Å². The third-order valence-corrected chi connectivity index (χ3v) is 5.29. The summed E-state index contributed by atoms with van der Waals surface area (Å²) in [6.45, 7) is 0. The van der Waals surface area contributed by atoms with Crippen LogP contribution < -0.4 is 0 Å². The molecule has 3 heteroatoms. The van der Waals surface area contributed by atoms with E-state index < -0.39 is 5.97 Å². The van der Waals surface area contributed by atoms with Crippen molar-refractivity contribution in [2.24, 2.45) is 5.92 Å². The van der Waals surface area contributed by atoms with E-state index in [0.717, 1.165) is 18.6 Å². The van der Waals surface area contributed by atoms with Crippen molar-refractivity contribution in [1.82, 2.24) is 0 Å². The van der Waals surface area contributed by atoms with E-state index in [9.17, 15) is 9.90 Å². The lowest BCUT2D eigenvalue weighted by Gasteiger charge is -2.16. The number of carboxylic acid groups (broad SMARTS) is 1. The fraction of sp³-hybridized carbons (Fsp3) is 0.500. The first-order valence-corrected chi connectivity index (χ1v) is 7.26. The molecule has 0 radical (unpaired) electrons. The second-order valence-corrected chi connectivity index (χ2v) is 6.16. The second-order valence-electron chi connectivity index (χ2n) is 4.91. The lowest BCUT2D eigenvalue weighted by Crippen LogP contribution is -2.16. The molecule has 1 saturated heterocycles. The molecule has 17 heavy (non-hydrogen) atoms. The highest BCUT2D eigenvalue weighted by atomic mass is 32.2. The van der Waals surface area contributed by atoms with Gasteiger partial charge in [-0.15, -0.1) is 0 Å². The van der Waals surface area contributed by atoms with Crippen LogP contribution in [0.3, 0.4) is 0 Å². The summed E-state index contributed by atoms with van der Waals surface area (Å²) in [7, 11) is 0. The van der Waals surface area contributed by atoms with Gasteiger partial charge in [-0.05, 0) is 48.1 Å². The van der Waals surface area contributed by atoms with Gasteiger partial charge in [0.15, 0.2) is 0 Å². The molecule has 2 atom stereocenters. The Kier molecular flexibility index (Phi) is 2.87. The lowest BCUT2D eigenvalue weighted by molar-refractivity contribution is -0.141. The molecule has 3 rings (SSSR count). The van der Waals surface area contributed by atoms with Crippen molar-refractivity contribution in [3.8, 4) is 0 Å². The Labute approximate surface area is 105 Å². The van der Waals surface area contributed by atoms with Gasteiger partial charge in [0.25, 0.3) is 0 Å². The molecule has 0 amide bonds. The van der Waals surface area contributed by atoms with Crippen LogP contribution in [-0.4, -0.2) is 16.8 Å². The molecular formula is C14H16O2S. The predicted molar refractivity (Wildman–Crippen MR) is 69.4 cm³/mol. The maximum absolute atomic E-state index is 11.2. The molecule has 1 aromatic rings. The van der Waals surface area contributed by atoms with Crippen molar-refractivity contribution in [2.75, 3.05) is 5.75 Å². The first kappa shape index (κ1) is 11.1. The normalized spacial score (nSPS) is 27.1. The smallest absolute Gasteiger partial charge is 0.307 e. The Bertz CT molecular complexity index is 456. The van der Waals surface area contributed by atoms with E-state index in [2.05, 4.69) is 18.2 Å². The van der Waals surface area contributed by atoms with Crippen LogP contribution in [0.5, 0.6) is 0 Å². The number of hydrogen-bond donors (Lipinski definition) is 1. The molecule has 0 spiro atoms. The minimum atomic E-state index is -0.638. The molecule has 1 aliphatic heterocycles. The predicted octanol–water partition coefficient (Wildman–Crippen LogP) is 3.05. The van der Waals surface area contributed by atoms with E-state index in [1.807, 2.05) is 0 Å². The van der Waals surface area contributed by atoms with Gasteiger partial charge in [-0.25, -0.2) is 0 Å². The van der Waals surface area contributed by atoms with E-state index in [4.69, 9.17) is 0 Å². The highest BCUT2D eigenvalue weighted by Gasteiger charge is 2.34. The highest BCUT2D eigenvalue weighted by Crippen LogP contribution is 2.45. The Morgan fingerprint density at radius 1 is 1.29 bits per heavy atom. The first-order valence-electron chi connectivity index (χ1n) is 6.22. The summed E-state index contributed by atoms with van der Waals surface area (Å²) in [4.78, 5) is 11.2. The number of hydrogen-bond acceptors (Lipinski definition) is 2.